The van der Waals surface area contributed by atoms with Crippen LogP contribution in [0.15, 0.2) is 18.2 Å². The third kappa shape index (κ3) is 13.3. The van der Waals surface area contributed by atoms with Gasteiger partial charge in [0.1, 0.15) is 17.6 Å². The number of amides is 2. The fourth-order valence-corrected chi connectivity index (χ4v) is 3.54. The first-order valence-electron chi connectivity index (χ1n) is 11.1. The standard InChI is InChI=1S/C23H38FN3O3S/c1-18-15-19(24)17-20(16-18)30-13-8-5-9-22(28)27-21(10-14-31-3)23(29)26-12-7-4-6-11-25-2/h15-17,21,25H,4-14H2,1-3H3,(H,26,29)(H,27,28). The molecule has 3 N–H and O–H groups in total. The Morgan fingerprint density at radius 2 is 1.87 bits per heavy atom. The van der Waals surface area contributed by atoms with Gasteiger partial charge in [0, 0.05) is 19.0 Å². The van der Waals surface area contributed by atoms with Crippen molar-refractivity contribution in [3.63, 3.8) is 0 Å². The number of hydrogen-bond acceptors (Lipinski definition) is 5. The molecule has 176 valence electrons. The third-order valence-corrected chi connectivity index (χ3v) is 5.39. The van der Waals surface area contributed by atoms with E-state index in [1.54, 1.807) is 17.8 Å². The number of ether oxygens (including phenoxy) is 1. The van der Waals surface area contributed by atoms with Crippen molar-refractivity contribution >= 4 is 23.6 Å². The maximum Gasteiger partial charge on any atom is 0.242 e. The summed E-state index contributed by atoms with van der Waals surface area (Å²) in [6, 6.07) is 4.09. The van der Waals surface area contributed by atoms with E-state index in [4.69, 9.17) is 4.74 Å². The first kappa shape index (κ1) is 27.2. The van der Waals surface area contributed by atoms with Crippen molar-refractivity contribution < 1.29 is 18.7 Å². The van der Waals surface area contributed by atoms with E-state index in [-0.39, 0.29) is 17.6 Å². The van der Waals surface area contributed by atoms with Gasteiger partial charge >= 0.3 is 0 Å². The molecule has 0 spiro atoms. The molecule has 6 nitrogen and oxygen atoms in total. The SMILES string of the molecule is CNCCCCCNC(=O)C(CCSC)NC(=O)CCCCOc1cc(C)cc(F)c1. The Hall–Kier alpha value is -1.80. The van der Waals surface area contributed by atoms with E-state index in [1.165, 1.54) is 12.1 Å². The lowest BCUT2D eigenvalue weighted by molar-refractivity contribution is -0.129. The molecule has 1 aromatic carbocycles. The van der Waals surface area contributed by atoms with Gasteiger partial charge in [-0.1, -0.05) is 6.42 Å². The zero-order valence-electron chi connectivity index (χ0n) is 19.1. The summed E-state index contributed by atoms with van der Waals surface area (Å²) in [6.07, 6.45) is 7.32. The summed E-state index contributed by atoms with van der Waals surface area (Å²) < 4.78 is 18.9. The molecule has 2 amide bonds. The average molecular weight is 456 g/mol. The summed E-state index contributed by atoms with van der Waals surface area (Å²) in [7, 11) is 1.93. The zero-order chi connectivity index (χ0) is 22.9. The zero-order valence-corrected chi connectivity index (χ0v) is 19.9. The molecule has 1 unspecified atom stereocenters. The van der Waals surface area contributed by atoms with E-state index in [1.807, 2.05) is 20.2 Å². The van der Waals surface area contributed by atoms with Crippen LogP contribution in [-0.4, -0.2) is 56.6 Å². The van der Waals surface area contributed by atoms with Crippen LogP contribution < -0.4 is 20.7 Å². The van der Waals surface area contributed by atoms with Gasteiger partial charge in [-0.2, -0.15) is 11.8 Å². The topological polar surface area (TPSA) is 79.5 Å². The highest BCUT2D eigenvalue weighted by molar-refractivity contribution is 7.98. The summed E-state index contributed by atoms with van der Waals surface area (Å²) in [5.41, 5.74) is 0.807. The van der Waals surface area contributed by atoms with Crippen molar-refractivity contribution in [2.75, 3.05) is 38.8 Å². The molecule has 0 aromatic heterocycles. The second-order valence-electron chi connectivity index (χ2n) is 7.63. The Balaban J connectivity index is 2.28. The van der Waals surface area contributed by atoms with E-state index < -0.39 is 6.04 Å². The van der Waals surface area contributed by atoms with E-state index in [9.17, 15) is 14.0 Å². The summed E-state index contributed by atoms with van der Waals surface area (Å²) in [5.74, 6) is 0.753. The molecule has 0 radical (unpaired) electrons. The Morgan fingerprint density at radius 3 is 2.58 bits per heavy atom. The smallest absolute Gasteiger partial charge is 0.242 e. The van der Waals surface area contributed by atoms with Crippen LogP contribution in [0.2, 0.25) is 0 Å². The Kier molecular flexibility index (Phi) is 14.8. The van der Waals surface area contributed by atoms with Crippen molar-refractivity contribution in [3.05, 3.63) is 29.6 Å². The quantitative estimate of drug-likeness (QED) is 0.314. The molecule has 8 heteroatoms. The summed E-state index contributed by atoms with van der Waals surface area (Å²) >= 11 is 1.65. The lowest BCUT2D eigenvalue weighted by atomic mass is 10.1. The van der Waals surface area contributed by atoms with Gasteiger partial charge in [-0.3, -0.25) is 9.59 Å². The first-order chi connectivity index (χ1) is 15.0. The summed E-state index contributed by atoms with van der Waals surface area (Å²) in [4.78, 5) is 24.8. The van der Waals surface area contributed by atoms with Crippen molar-refractivity contribution in [3.8, 4) is 5.75 Å². The number of carbonyl (C=O) groups excluding carboxylic acids is 2. The third-order valence-electron chi connectivity index (χ3n) is 4.75. The largest absolute Gasteiger partial charge is 0.493 e. The van der Waals surface area contributed by atoms with E-state index >= 15 is 0 Å². The number of thioether (sulfide) groups is 1. The van der Waals surface area contributed by atoms with Gasteiger partial charge in [-0.15, -0.1) is 0 Å². The van der Waals surface area contributed by atoms with Crippen LogP contribution >= 0.6 is 11.8 Å². The van der Waals surface area contributed by atoms with Crippen molar-refractivity contribution in [2.24, 2.45) is 0 Å². The van der Waals surface area contributed by atoms with Crippen LogP contribution in [0.4, 0.5) is 4.39 Å². The van der Waals surface area contributed by atoms with Crippen LogP contribution in [0.5, 0.6) is 5.75 Å². The van der Waals surface area contributed by atoms with E-state index in [2.05, 4.69) is 16.0 Å². The Labute approximate surface area is 190 Å². The lowest BCUT2D eigenvalue weighted by Crippen LogP contribution is -2.47. The Morgan fingerprint density at radius 1 is 1.10 bits per heavy atom. The summed E-state index contributed by atoms with van der Waals surface area (Å²) in [6.45, 7) is 3.84. The first-order valence-corrected chi connectivity index (χ1v) is 12.5. The number of aryl methyl sites for hydroxylation is 1. The van der Waals surface area contributed by atoms with Gasteiger partial charge in [-0.05, 0) is 82.3 Å². The van der Waals surface area contributed by atoms with Gasteiger partial charge in [0.2, 0.25) is 11.8 Å². The van der Waals surface area contributed by atoms with Gasteiger partial charge in [-0.25, -0.2) is 4.39 Å². The van der Waals surface area contributed by atoms with Crippen LogP contribution in [-0.2, 0) is 9.59 Å². The maximum atomic E-state index is 13.4. The summed E-state index contributed by atoms with van der Waals surface area (Å²) in [5, 5.41) is 8.92. The fourth-order valence-electron chi connectivity index (χ4n) is 3.07. The van der Waals surface area contributed by atoms with Crippen LogP contribution in [0, 0.1) is 12.7 Å². The highest BCUT2D eigenvalue weighted by atomic mass is 32.2. The van der Waals surface area contributed by atoms with Gasteiger partial charge in [0.25, 0.3) is 0 Å². The predicted octanol–water partition coefficient (Wildman–Crippen LogP) is 3.43. The van der Waals surface area contributed by atoms with Gasteiger partial charge in [0.15, 0.2) is 0 Å². The molecule has 0 saturated heterocycles. The van der Waals surface area contributed by atoms with Crippen molar-refractivity contribution in [1.29, 1.82) is 0 Å². The number of hydrogen-bond donors (Lipinski definition) is 3. The Bertz CT molecular complexity index is 641. The molecule has 0 aliphatic carbocycles. The minimum Gasteiger partial charge on any atom is -0.493 e. The monoisotopic (exact) mass is 455 g/mol. The number of unbranched alkanes of at least 4 members (excludes halogenated alkanes) is 3. The normalized spacial score (nSPS) is 11.7. The predicted molar refractivity (Wildman–Crippen MR) is 126 cm³/mol. The maximum absolute atomic E-state index is 13.4. The molecule has 31 heavy (non-hydrogen) atoms. The molecule has 0 fully saturated rings. The highest BCUT2D eigenvalue weighted by Crippen LogP contribution is 2.16. The van der Waals surface area contributed by atoms with Crippen molar-refractivity contribution in [2.45, 2.75) is 57.9 Å². The van der Waals surface area contributed by atoms with Gasteiger partial charge < -0.3 is 20.7 Å². The average Bonchev–Trinajstić information content (AvgIpc) is 2.72. The number of benzene rings is 1. The second-order valence-corrected chi connectivity index (χ2v) is 8.61. The van der Waals surface area contributed by atoms with E-state index in [0.717, 1.165) is 37.1 Å². The molecule has 1 atom stereocenters. The molecular formula is C23H38FN3O3S. The van der Waals surface area contributed by atoms with Crippen LogP contribution in [0.1, 0.15) is 50.5 Å². The fraction of sp³-hybridized carbons (Fsp3) is 0.652. The van der Waals surface area contributed by atoms with Gasteiger partial charge in [0.05, 0.1) is 6.61 Å². The molecule has 0 aliphatic rings. The molecule has 0 bridgehead atoms. The molecule has 0 saturated carbocycles. The lowest BCUT2D eigenvalue weighted by Gasteiger charge is -2.18. The minimum atomic E-state index is -0.497. The molecule has 0 heterocycles. The second kappa shape index (κ2) is 16.8. The van der Waals surface area contributed by atoms with Crippen molar-refractivity contribution in [1.82, 2.24) is 16.0 Å². The number of nitrogens with one attached hydrogen (secondary N) is 3. The highest BCUT2D eigenvalue weighted by Gasteiger charge is 2.19. The number of carbonyl (C=O) groups is 2. The minimum absolute atomic E-state index is 0.110. The number of rotatable bonds is 17. The molecular weight excluding hydrogens is 417 g/mol. The van der Waals surface area contributed by atoms with Crippen LogP contribution in [0.25, 0.3) is 0 Å². The molecule has 1 rings (SSSR count). The van der Waals surface area contributed by atoms with E-state index in [0.29, 0.717) is 44.6 Å². The molecule has 1 aromatic rings. The number of halogens is 1. The molecule has 0 aliphatic heterocycles. The van der Waals surface area contributed by atoms with Crippen LogP contribution in [0.3, 0.4) is 0 Å².